The normalized spacial score (nSPS) is 17.6. The number of hydrogen-bond acceptors (Lipinski definition) is 3. The van der Waals surface area contributed by atoms with E-state index in [2.05, 4.69) is 33.0 Å². The van der Waals surface area contributed by atoms with Crippen LogP contribution in [0.4, 0.5) is 0 Å². The molecular formula is C16H17BrN2O. The third-order valence-electron chi connectivity index (χ3n) is 3.65. The lowest BCUT2D eigenvalue weighted by Crippen LogP contribution is -2.17. The number of hydrogen-bond donors (Lipinski definition) is 1. The first-order valence-corrected chi connectivity index (χ1v) is 7.63. The van der Waals surface area contributed by atoms with E-state index in [9.17, 15) is 0 Å². The van der Waals surface area contributed by atoms with E-state index in [4.69, 9.17) is 10.5 Å². The van der Waals surface area contributed by atoms with Gasteiger partial charge in [-0.3, -0.25) is 4.98 Å². The molecule has 0 bridgehead atoms. The molecule has 1 heterocycles. The van der Waals surface area contributed by atoms with Crippen LogP contribution in [0.3, 0.4) is 0 Å². The van der Waals surface area contributed by atoms with Gasteiger partial charge in [-0.1, -0.05) is 6.07 Å². The summed E-state index contributed by atoms with van der Waals surface area (Å²) in [6.07, 6.45) is 5.14. The van der Waals surface area contributed by atoms with Crippen molar-refractivity contribution in [1.29, 1.82) is 0 Å². The summed E-state index contributed by atoms with van der Waals surface area (Å²) >= 11 is 3.37. The number of ether oxygens (including phenoxy) is 1. The summed E-state index contributed by atoms with van der Waals surface area (Å²) in [5.41, 5.74) is 9.67. The zero-order valence-electron chi connectivity index (χ0n) is 11.2. The van der Waals surface area contributed by atoms with Gasteiger partial charge in [-0.15, -0.1) is 0 Å². The van der Waals surface area contributed by atoms with E-state index in [1.165, 1.54) is 17.5 Å². The molecule has 3 nitrogen and oxygen atoms in total. The molecule has 0 unspecified atom stereocenters. The molecule has 2 N–H and O–H groups in total. The van der Waals surface area contributed by atoms with Crippen LogP contribution in [0.5, 0.6) is 5.75 Å². The largest absolute Gasteiger partial charge is 0.487 e. The SMILES string of the molecule is N[C@H]1CCCc2ccc(OCc3ccc(Br)cn3)cc21. The van der Waals surface area contributed by atoms with Crippen LogP contribution in [-0.4, -0.2) is 4.98 Å². The van der Waals surface area contributed by atoms with Crippen LogP contribution in [-0.2, 0) is 13.0 Å². The van der Waals surface area contributed by atoms with E-state index in [0.29, 0.717) is 6.61 Å². The van der Waals surface area contributed by atoms with E-state index in [1.54, 1.807) is 6.20 Å². The summed E-state index contributed by atoms with van der Waals surface area (Å²) in [4.78, 5) is 4.30. The van der Waals surface area contributed by atoms with Crippen LogP contribution in [0, 0.1) is 0 Å². The Bertz CT molecular complexity index is 598. The number of halogens is 1. The van der Waals surface area contributed by atoms with Gasteiger partial charge >= 0.3 is 0 Å². The average molecular weight is 333 g/mol. The fourth-order valence-electron chi connectivity index (χ4n) is 2.55. The average Bonchev–Trinajstić information content (AvgIpc) is 2.47. The van der Waals surface area contributed by atoms with Crippen LogP contribution in [0.2, 0.25) is 0 Å². The molecule has 1 aromatic carbocycles. The molecule has 1 aliphatic rings. The summed E-state index contributed by atoms with van der Waals surface area (Å²) in [5.74, 6) is 0.866. The van der Waals surface area contributed by atoms with Gasteiger partial charge in [0.05, 0.1) is 5.69 Å². The Morgan fingerprint density at radius 3 is 3.00 bits per heavy atom. The van der Waals surface area contributed by atoms with Gasteiger partial charge in [0.2, 0.25) is 0 Å². The van der Waals surface area contributed by atoms with Gasteiger partial charge in [-0.2, -0.15) is 0 Å². The lowest BCUT2D eigenvalue weighted by atomic mass is 9.88. The second-order valence-electron chi connectivity index (χ2n) is 5.12. The number of aromatic nitrogens is 1. The standard InChI is InChI=1S/C16H17BrN2O/c17-12-5-6-13(19-9-12)10-20-14-7-4-11-2-1-3-16(18)15(11)8-14/h4-9,16H,1-3,10,18H2/t16-/m0/s1. The van der Waals surface area contributed by atoms with Crippen molar-refractivity contribution < 1.29 is 4.74 Å². The second-order valence-corrected chi connectivity index (χ2v) is 6.03. The fourth-order valence-corrected chi connectivity index (χ4v) is 2.79. The summed E-state index contributed by atoms with van der Waals surface area (Å²) in [6.45, 7) is 0.474. The van der Waals surface area contributed by atoms with Crippen molar-refractivity contribution in [1.82, 2.24) is 4.98 Å². The van der Waals surface area contributed by atoms with Crippen molar-refractivity contribution in [3.05, 3.63) is 57.8 Å². The van der Waals surface area contributed by atoms with Crippen LogP contribution < -0.4 is 10.5 Å². The smallest absolute Gasteiger partial charge is 0.130 e. The molecule has 0 fully saturated rings. The molecule has 0 radical (unpaired) electrons. The molecule has 20 heavy (non-hydrogen) atoms. The van der Waals surface area contributed by atoms with E-state index in [1.807, 2.05) is 18.2 Å². The highest BCUT2D eigenvalue weighted by Gasteiger charge is 2.17. The molecular weight excluding hydrogens is 316 g/mol. The van der Waals surface area contributed by atoms with Gasteiger partial charge in [0, 0.05) is 16.7 Å². The van der Waals surface area contributed by atoms with E-state index < -0.39 is 0 Å². The van der Waals surface area contributed by atoms with Gasteiger partial charge in [-0.05, 0) is 70.6 Å². The lowest BCUT2D eigenvalue weighted by Gasteiger charge is -2.22. The Morgan fingerprint density at radius 2 is 2.20 bits per heavy atom. The third kappa shape index (κ3) is 3.02. The third-order valence-corrected chi connectivity index (χ3v) is 4.12. The maximum atomic E-state index is 6.17. The summed E-state index contributed by atoms with van der Waals surface area (Å²) in [5, 5.41) is 0. The van der Waals surface area contributed by atoms with Gasteiger partial charge in [0.1, 0.15) is 12.4 Å². The fraction of sp³-hybridized carbons (Fsp3) is 0.312. The van der Waals surface area contributed by atoms with Crippen LogP contribution in [0.1, 0.15) is 35.7 Å². The zero-order chi connectivity index (χ0) is 13.9. The number of fused-ring (bicyclic) bond motifs is 1. The minimum absolute atomic E-state index is 0.146. The molecule has 0 amide bonds. The van der Waals surface area contributed by atoms with Gasteiger partial charge < -0.3 is 10.5 Å². The van der Waals surface area contributed by atoms with Crippen molar-refractivity contribution in [3.63, 3.8) is 0 Å². The molecule has 0 spiro atoms. The Kier molecular flexibility index (Phi) is 4.03. The first-order chi connectivity index (χ1) is 9.72. The van der Waals surface area contributed by atoms with E-state index in [-0.39, 0.29) is 6.04 Å². The molecule has 4 heteroatoms. The Hall–Kier alpha value is -1.39. The Balaban J connectivity index is 1.72. The van der Waals surface area contributed by atoms with Gasteiger partial charge in [0.25, 0.3) is 0 Å². The van der Waals surface area contributed by atoms with Gasteiger partial charge in [0.15, 0.2) is 0 Å². The van der Waals surface area contributed by atoms with Crippen LogP contribution in [0.15, 0.2) is 41.0 Å². The van der Waals surface area contributed by atoms with Crippen molar-refractivity contribution in [2.24, 2.45) is 5.73 Å². The molecule has 2 aromatic rings. The first kappa shape index (κ1) is 13.6. The summed E-state index contributed by atoms with van der Waals surface area (Å²) in [7, 11) is 0. The maximum absolute atomic E-state index is 6.17. The highest BCUT2D eigenvalue weighted by Crippen LogP contribution is 2.31. The van der Waals surface area contributed by atoms with Crippen molar-refractivity contribution in [3.8, 4) is 5.75 Å². The summed E-state index contributed by atoms with van der Waals surface area (Å²) in [6, 6.07) is 10.3. The molecule has 1 atom stereocenters. The molecule has 3 rings (SSSR count). The zero-order valence-corrected chi connectivity index (χ0v) is 12.8. The van der Waals surface area contributed by atoms with Gasteiger partial charge in [-0.25, -0.2) is 0 Å². The second kappa shape index (κ2) is 5.94. The molecule has 0 saturated heterocycles. The van der Waals surface area contributed by atoms with E-state index in [0.717, 1.165) is 28.8 Å². The number of pyridine rings is 1. The topological polar surface area (TPSA) is 48.1 Å². The maximum Gasteiger partial charge on any atom is 0.130 e. The molecule has 0 saturated carbocycles. The molecule has 1 aliphatic carbocycles. The predicted octanol–water partition coefficient (Wildman–Crippen LogP) is 3.76. The molecule has 1 aromatic heterocycles. The van der Waals surface area contributed by atoms with Crippen LogP contribution in [0.25, 0.3) is 0 Å². The number of aryl methyl sites for hydroxylation is 1. The number of nitrogens with two attached hydrogens (primary N) is 1. The van der Waals surface area contributed by atoms with E-state index >= 15 is 0 Å². The number of rotatable bonds is 3. The quantitative estimate of drug-likeness (QED) is 0.930. The molecule has 104 valence electrons. The minimum Gasteiger partial charge on any atom is -0.487 e. The lowest BCUT2D eigenvalue weighted by molar-refractivity contribution is 0.300. The molecule has 0 aliphatic heterocycles. The minimum atomic E-state index is 0.146. The Morgan fingerprint density at radius 1 is 1.30 bits per heavy atom. The monoisotopic (exact) mass is 332 g/mol. The first-order valence-electron chi connectivity index (χ1n) is 6.84. The van der Waals surface area contributed by atoms with Crippen molar-refractivity contribution in [2.45, 2.75) is 31.9 Å². The predicted molar refractivity (Wildman–Crippen MR) is 82.6 cm³/mol. The highest BCUT2D eigenvalue weighted by molar-refractivity contribution is 9.10. The highest BCUT2D eigenvalue weighted by atomic mass is 79.9. The summed E-state index contributed by atoms with van der Waals surface area (Å²) < 4.78 is 6.79. The number of benzene rings is 1. The van der Waals surface area contributed by atoms with Crippen molar-refractivity contribution in [2.75, 3.05) is 0 Å². The Labute approximate surface area is 127 Å². The van der Waals surface area contributed by atoms with Crippen LogP contribution >= 0.6 is 15.9 Å². The number of nitrogens with zero attached hydrogens (tertiary/aromatic N) is 1. The van der Waals surface area contributed by atoms with Crippen molar-refractivity contribution >= 4 is 15.9 Å².